The van der Waals surface area contributed by atoms with Crippen molar-refractivity contribution in [3.63, 3.8) is 0 Å². The molecule has 1 rings (SSSR count). The summed E-state index contributed by atoms with van der Waals surface area (Å²) in [6.45, 7) is 1.92. The van der Waals surface area contributed by atoms with Crippen LogP contribution in [0.15, 0.2) is 18.2 Å². The fourth-order valence-electron chi connectivity index (χ4n) is 1.58. The number of carbonyl (C=O) groups excluding carboxylic acids is 1. The number of hydrogen-bond donors (Lipinski definition) is 0. The molecule has 0 radical (unpaired) electrons. The summed E-state index contributed by atoms with van der Waals surface area (Å²) >= 11 is 1.54. The number of benzene rings is 1. The second-order valence-electron chi connectivity index (χ2n) is 4.17. The van der Waals surface area contributed by atoms with E-state index < -0.39 is 4.92 Å². The second-order valence-corrected chi connectivity index (χ2v) is 5.59. The van der Waals surface area contributed by atoms with E-state index in [9.17, 15) is 14.9 Å². The number of esters is 1. The molecule has 0 aliphatic carbocycles. The van der Waals surface area contributed by atoms with Crippen molar-refractivity contribution in [3.8, 4) is 5.75 Å². The smallest absolute Gasteiger partial charge is 0.311 e. The first kappa shape index (κ1) is 16.3. The normalized spacial score (nSPS) is 11.8. The van der Waals surface area contributed by atoms with Gasteiger partial charge in [-0.1, -0.05) is 13.0 Å². The molecule has 0 heterocycles. The molecule has 110 valence electrons. The number of nitrogens with zero attached hydrogens (tertiary/aromatic N) is 1. The predicted octanol–water partition coefficient (Wildman–Crippen LogP) is 2.79. The highest BCUT2D eigenvalue weighted by Crippen LogP contribution is 2.30. The van der Waals surface area contributed by atoms with Crippen molar-refractivity contribution in [2.24, 2.45) is 0 Å². The van der Waals surface area contributed by atoms with Gasteiger partial charge in [0.15, 0.2) is 5.75 Å². The molecular weight excluding hydrogens is 282 g/mol. The van der Waals surface area contributed by atoms with Crippen LogP contribution in [0.25, 0.3) is 0 Å². The lowest BCUT2D eigenvalue weighted by Crippen LogP contribution is -2.08. The van der Waals surface area contributed by atoms with E-state index in [1.807, 2.05) is 6.92 Å². The van der Waals surface area contributed by atoms with Crippen LogP contribution < -0.4 is 4.74 Å². The third-order valence-electron chi connectivity index (χ3n) is 2.66. The van der Waals surface area contributed by atoms with Gasteiger partial charge in [-0.2, -0.15) is 11.8 Å². The van der Waals surface area contributed by atoms with Gasteiger partial charge in [0.25, 0.3) is 0 Å². The maximum Gasteiger partial charge on any atom is 0.311 e. The Morgan fingerprint density at radius 1 is 1.45 bits per heavy atom. The highest BCUT2D eigenvalue weighted by Gasteiger charge is 2.16. The molecule has 7 heteroatoms. The number of rotatable bonds is 7. The van der Waals surface area contributed by atoms with Crippen LogP contribution in [0.5, 0.6) is 5.75 Å². The van der Waals surface area contributed by atoms with Crippen LogP contribution in [0.2, 0.25) is 0 Å². The summed E-state index contributed by atoms with van der Waals surface area (Å²) in [4.78, 5) is 21.6. The van der Waals surface area contributed by atoms with Gasteiger partial charge in [0.05, 0.1) is 25.6 Å². The fourth-order valence-corrected chi connectivity index (χ4v) is 2.49. The van der Waals surface area contributed by atoms with Gasteiger partial charge >= 0.3 is 11.7 Å². The zero-order chi connectivity index (χ0) is 15.1. The lowest BCUT2D eigenvalue weighted by atomic mass is 10.2. The van der Waals surface area contributed by atoms with Crippen LogP contribution in [0.4, 0.5) is 5.69 Å². The molecule has 1 unspecified atom stereocenters. The molecule has 0 amide bonds. The Bertz CT molecular complexity index is 492. The Morgan fingerprint density at radius 3 is 2.70 bits per heavy atom. The van der Waals surface area contributed by atoms with Gasteiger partial charge in [-0.05, 0) is 11.6 Å². The van der Waals surface area contributed by atoms with Gasteiger partial charge < -0.3 is 9.47 Å². The minimum atomic E-state index is -0.467. The Labute approximate surface area is 121 Å². The standard InChI is InChI=1S/C13H17NO5S/c1-9(6-13(15)19-3)20-8-10-4-5-12(18-2)11(7-10)14(16)17/h4-5,7,9H,6,8H2,1-3H3. The highest BCUT2D eigenvalue weighted by atomic mass is 32.2. The first-order valence-electron chi connectivity index (χ1n) is 5.97. The monoisotopic (exact) mass is 299 g/mol. The first-order valence-corrected chi connectivity index (χ1v) is 7.02. The van der Waals surface area contributed by atoms with Crippen molar-refractivity contribution < 1.29 is 19.2 Å². The molecule has 0 aromatic heterocycles. The van der Waals surface area contributed by atoms with Crippen molar-refractivity contribution in [3.05, 3.63) is 33.9 Å². The number of carbonyl (C=O) groups is 1. The minimum absolute atomic E-state index is 0.0498. The molecule has 0 aliphatic rings. The van der Waals surface area contributed by atoms with E-state index >= 15 is 0 Å². The lowest BCUT2D eigenvalue weighted by molar-refractivity contribution is -0.385. The second kappa shape index (κ2) is 7.74. The molecular formula is C13H17NO5S. The first-order chi connectivity index (χ1) is 9.47. The number of methoxy groups -OCH3 is 2. The summed E-state index contributed by atoms with van der Waals surface area (Å²) in [5.74, 6) is 0.570. The maximum atomic E-state index is 11.1. The lowest BCUT2D eigenvalue weighted by Gasteiger charge is -2.10. The zero-order valence-corrected chi connectivity index (χ0v) is 12.4. The van der Waals surface area contributed by atoms with E-state index in [1.165, 1.54) is 20.3 Å². The van der Waals surface area contributed by atoms with Gasteiger partial charge in [0.1, 0.15) is 0 Å². The van der Waals surface area contributed by atoms with E-state index in [-0.39, 0.29) is 22.7 Å². The maximum absolute atomic E-state index is 11.1. The molecule has 0 N–H and O–H groups in total. The zero-order valence-electron chi connectivity index (χ0n) is 11.6. The van der Waals surface area contributed by atoms with Crippen molar-refractivity contribution >= 4 is 23.4 Å². The molecule has 0 bridgehead atoms. The molecule has 1 aromatic carbocycles. The van der Waals surface area contributed by atoms with Crippen LogP contribution in [0, 0.1) is 10.1 Å². The predicted molar refractivity (Wildman–Crippen MR) is 77.0 cm³/mol. The SMILES string of the molecule is COC(=O)CC(C)SCc1ccc(OC)c([N+](=O)[O-])c1. The van der Waals surface area contributed by atoms with Crippen molar-refractivity contribution in [2.45, 2.75) is 24.3 Å². The molecule has 6 nitrogen and oxygen atoms in total. The van der Waals surface area contributed by atoms with Gasteiger partial charge in [0, 0.05) is 17.1 Å². The average Bonchev–Trinajstić information content (AvgIpc) is 2.44. The largest absolute Gasteiger partial charge is 0.490 e. The molecule has 0 aliphatic heterocycles. The van der Waals surface area contributed by atoms with E-state index in [4.69, 9.17) is 4.74 Å². The summed E-state index contributed by atoms with van der Waals surface area (Å²) in [6.07, 6.45) is 0.319. The topological polar surface area (TPSA) is 78.7 Å². The summed E-state index contributed by atoms with van der Waals surface area (Å²) in [5.41, 5.74) is 0.769. The van der Waals surface area contributed by atoms with E-state index in [0.717, 1.165) is 5.56 Å². The fraction of sp³-hybridized carbons (Fsp3) is 0.462. The van der Waals surface area contributed by atoms with E-state index in [0.29, 0.717) is 12.2 Å². The number of ether oxygens (including phenoxy) is 2. The van der Waals surface area contributed by atoms with Gasteiger partial charge in [-0.3, -0.25) is 14.9 Å². The van der Waals surface area contributed by atoms with Crippen molar-refractivity contribution in [1.82, 2.24) is 0 Å². The quantitative estimate of drug-likeness (QED) is 0.437. The number of thioether (sulfide) groups is 1. The van der Waals surface area contributed by atoms with E-state index in [2.05, 4.69) is 4.74 Å². The van der Waals surface area contributed by atoms with E-state index in [1.54, 1.807) is 23.9 Å². The van der Waals surface area contributed by atoms with Gasteiger partial charge in [-0.25, -0.2) is 0 Å². The van der Waals surface area contributed by atoms with Crippen molar-refractivity contribution in [2.75, 3.05) is 14.2 Å². The van der Waals surface area contributed by atoms with Crippen LogP contribution in [-0.2, 0) is 15.3 Å². The van der Waals surface area contributed by atoms with Crippen LogP contribution >= 0.6 is 11.8 Å². The number of nitro groups is 1. The summed E-state index contributed by atoms with van der Waals surface area (Å²) in [5, 5.41) is 11.0. The highest BCUT2D eigenvalue weighted by molar-refractivity contribution is 7.99. The molecule has 0 saturated heterocycles. The Balaban J connectivity index is 2.67. The molecule has 0 spiro atoms. The van der Waals surface area contributed by atoms with Crippen LogP contribution in [0.3, 0.4) is 0 Å². The third-order valence-corrected chi connectivity index (χ3v) is 3.89. The molecule has 20 heavy (non-hydrogen) atoms. The number of hydrogen-bond acceptors (Lipinski definition) is 6. The van der Waals surface area contributed by atoms with Crippen LogP contribution in [0.1, 0.15) is 18.9 Å². The molecule has 1 aromatic rings. The van der Waals surface area contributed by atoms with Gasteiger partial charge in [0.2, 0.25) is 0 Å². The summed E-state index contributed by atoms with van der Waals surface area (Å²) in [6, 6.07) is 4.86. The summed E-state index contributed by atoms with van der Waals surface area (Å²) < 4.78 is 9.54. The average molecular weight is 299 g/mol. The number of nitro benzene ring substituents is 1. The third kappa shape index (κ3) is 4.73. The summed E-state index contributed by atoms with van der Waals surface area (Å²) in [7, 11) is 2.75. The molecule has 1 atom stereocenters. The van der Waals surface area contributed by atoms with Gasteiger partial charge in [-0.15, -0.1) is 0 Å². The van der Waals surface area contributed by atoms with Crippen molar-refractivity contribution in [1.29, 1.82) is 0 Å². The Kier molecular flexibility index (Phi) is 6.30. The minimum Gasteiger partial charge on any atom is -0.490 e. The molecule has 0 fully saturated rings. The molecule has 0 saturated carbocycles. The Morgan fingerprint density at radius 2 is 2.15 bits per heavy atom. The van der Waals surface area contributed by atoms with Crippen LogP contribution in [-0.4, -0.2) is 30.4 Å². The Hall–Kier alpha value is -1.76.